The lowest BCUT2D eigenvalue weighted by Crippen LogP contribution is -2.20. The zero-order chi connectivity index (χ0) is 8.20. The van der Waals surface area contributed by atoms with Crippen molar-refractivity contribution in [3.8, 4) is 0 Å². The van der Waals surface area contributed by atoms with Crippen molar-refractivity contribution in [1.29, 1.82) is 0 Å². The first-order valence-corrected chi connectivity index (χ1v) is 5.96. The van der Waals surface area contributed by atoms with Crippen LogP contribution in [0.2, 0.25) is 5.28 Å². The second-order valence-electron chi connectivity index (χ2n) is 4.05. The molecule has 0 aromatic heterocycles. The van der Waals surface area contributed by atoms with Crippen LogP contribution in [0.1, 0.15) is 40.5 Å². The molecule has 1 heteroatoms. The van der Waals surface area contributed by atoms with E-state index in [2.05, 4.69) is 27.7 Å². The zero-order valence-corrected chi connectivity index (χ0v) is 10.2. The van der Waals surface area contributed by atoms with E-state index in [9.17, 15) is 0 Å². The number of rotatable bonds is 4. The van der Waals surface area contributed by atoms with Crippen molar-refractivity contribution in [2.45, 2.75) is 45.8 Å². The second-order valence-corrected chi connectivity index (χ2v) is 4.86. The van der Waals surface area contributed by atoms with Crippen molar-refractivity contribution >= 4 is 16.3 Å². The maximum Gasteiger partial charge on any atom is 0.212 e. The van der Waals surface area contributed by atoms with Gasteiger partial charge in [0.25, 0.3) is 0 Å². The predicted octanol–water partition coefficient (Wildman–Crippen LogP) is 2.50. The summed E-state index contributed by atoms with van der Waals surface area (Å²) in [5, 5.41) is 1.45. The largest absolute Gasteiger partial charge is 0.212 e. The molecular weight excluding hydrogens is 135 g/mol. The highest BCUT2D eigenvalue weighted by Crippen LogP contribution is 2.33. The molecule has 10 heavy (non-hydrogen) atoms. The molecule has 0 saturated carbocycles. The van der Waals surface area contributed by atoms with Crippen molar-refractivity contribution in [1.82, 2.24) is 0 Å². The van der Waals surface area contributed by atoms with E-state index in [1.54, 1.807) is 0 Å². The van der Waals surface area contributed by atoms with Gasteiger partial charge in [-0.25, -0.2) is 0 Å². The number of hydrogen-bond donors (Lipinski definition) is 0. The summed E-state index contributed by atoms with van der Waals surface area (Å²) >= 11 is 1.36. The van der Waals surface area contributed by atoms with Crippen molar-refractivity contribution in [3.05, 3.63) is 0 Å². The van der Waals surface area contributed by atoms with Crippen LogP contribution in [0.15, 0.2) is 0 Å². The van der Waals surface area contributed by atoms with Crippen LogP contribution in [0.4, 0.5) is 0 Å². The van der Waals surface area contributed by atoms with E-state index in [1.807, 2.05) is 0 Å². The SMILES string of the molecule is CCCC(C)(C)C(C)[CH2][AlH2]. The van der Waals surface area contributed by atoms with Gasteiger partial charge in [-0.2, -0.15) is 0 Å². The third-order valence-corrected chi connectivity index (χ3v) is 4.07. The Morgan fingerprint density at radius 2 is 1.90 bits per heavy atom. The molecule has 0 bridgehead atoms. The summed E-state index contributed by atoms with van der Waals surface area (Å²) in [6, 6.07) is 0. The molecule has 1 unspecified atom stereocenters. The van der Waals surface area contributed by atoms with E-state index < -0.39 is 0 Å². The molecule has 0 aliphatic rings. The average molecular weight is 156 g/mol. The summed E-state index contributed by atoms with van der Waals surface area (Å²) in [5.41, 5.74) is 0.594. The Morgan fingerprint density at radius 1 is 1.40 bits per heavy atom. The lowest BCUT2D eigenvalue weighted by Gasteiger charge is -2.31. The first-order chi connectivity index (χ1) is 4.54. The molecule has 0 radical (unpaired) electrons. The van der Waals surface area contributed by atoms with E-state index in [4.69, 9.17) is 0 Å². The zero-order valence-electron chi connectivity index (χ0n) is 8.20. The molecule has 0 fully saturated rings. The van der Waals surface area contributed by atoms with Crippen LogP contribution in [0, 0.1) is 11.3 Å². The van der Waals surface area contributed by atoms with Crippen molar-refractivity contribution in [2.24, 2.45) is 11.3 Å². The van der Waals surface area contributed by atoms with Crippen molar-refractivity contribution in [3.63, 3.8) is 0 Å². The molecule has 0 aromatic rings. The minimum absolute atomic E-state index is 0.594. The summed E-state index contributed by atoms with van der Waals surface area (Å²) < 4.78 is 0. The quantitative estimate of drug-likeness (QED) is 0.549. The standard InChI is InChI=1S/C9H19.Al.2H/c1-6-7-9(4,5)8(2)3;;;/h8H,2,6-7H2,1,3-5H3;;;. The van der Waals surface area contributed by atoms with Gasteiger partial charge in [-0.05, 0) is 11.8 Å². The highest BCUT2D eigenvalue weighted by molar-refractivity contribution is 6.08. The van der Waals surface area contributed by atoms with Gasteiger partial charge in [0, 0.05) is 0 Å². The average Bonchev–Trinajstić information content (AvgIpc) is 1.86. The Balaban J connectivity index is 3.82. The van der Waals surface area contributed by atoms with Gasteiger partial charge in [-0.15, -0.1) is 0 Å². The Hall–Kier alpha value is 0.532. The summed E-state index contributed by atoms with van der Waals surface area (Å²) in [7, 11) is 0. The van der Waals surface area contributed by atoms with Crippen LogP contribution in [0.25, 0.3) is 0 Å². The molecule has 0 aliphatic heterocycles. The highest BCUT2D eigenvalue weighted by Gasteiger charge is 2.22. The fourth-order valence-corrected chi connectivity index (χ4v) is 2.55. The molecule has 1 atom stereocenters. The molecule has 0 aliphatic carbocycles. The first kappa shape index (κ1) is 10.5. The molecule has 0 spiro atoms. The normalized spacial score (nSPS) is 15.2. The van der Waals surface area contributed by atoms with Crippen LogP contribution in [-0.4, -0.2) is 16.3 Å². The van der Waals surface area contributed by atoms with E-state index in [-0.39, 0.29) is 0 Å². The molecule has 0 rings (SSSR count). The van der Waals surface area contributed by atoms with Crippen LogP contribution in [0.3, 0.4) is 0 Å². The maximum atomic E-state index is 2.40. The lowest BCUT2D eigenvalue weighted by atomic mass is 9.77. The van der Waals surface area contributed by atoms with Gasteiger partial charge in [-0.3, -0.25) is 0 Å². The Morgan fingerprint density at radius 3 is 2.20 bits per heavy atom. The summed E-state index contributed by atoms with van der Waals surface area (Å²) in [6.07, 6.45) is 2.72. The first-order valence-electron chi connectivity index (χ1n) is 4.54. The minimum atomic E-state index is 0.594. The molecule has 0 amide bonds. The van der Waals surface area contributed by atoms with Gasteiger partial charge in [0.1, 0.15) is 0 Å². The molecular formula is C9H21Al. The van der Waals surface area contributed by atoms with E-state index in [0.29, 0.717) is 5.41 Å². The molecule has 60 valence electrons. The third kappa shape index (κ3) is 3.08. The topological polar surface area (TPSA) is 0 Å². The second kappa shape index (κ2) is 4.42. The maximum absolute atomic E-state index is 2.40. The van der Waals surface area contributed by atoms with Crippen LogP contribution in [-0.2, 0) is 0 Å². The fourth-order valence-electron chi connectivity index (χ4n) is 1.44. The molecule has 0 aromatic carbocycles. The van der Waals surface area contributed by atoms with Gasteiger partial charge in [0.05, 0.1) is 0 Å². The lowest BCUT2D eigenvalue weighted by molar-refractivity contribution is 0.227. The molecule has 0 saturated heterocycles. The van der Waals surface area contributed by atoms with Gasteiger partial charge in [-0.1, -0.05) is 45.3 Å². The van der Waals surface area contributed by atoms with Gasteiger partial charge >= 0.3 is 0 Å². The van der Waals surface area contributed by atoms with Crippen LogP contribution >= 0.6 is 0 Å². The Labute approximate surface area is 73.8 Å². The summed E-state index contributed by atoms with van der Waals surface area (Å²) in [6.45, 7) is 9.47. The molecule has 0 heterocycles. The van der Waals surface area contributed by atoms with Crippen molar-refractivity contribution in [2.75, 3.05) is 0 Å². The Bertz CT molecular complexity index is 86.7. The van der Waals surface area contributed by atoms with Crippen molar-refractivity contribution < 1.29 is 0 Å². The van der Waals surface area contributed by atoms with Crippen LogP contribution in [0.5, 0.6) is 0 Å². The van der Waals surface area contributed by atoms with E-state index in [1.165, 1.54) is 34.4 Å². The fraction of sp³-hybridized carbons (Fsp3) is 1.00. The Kier molecular flexibility index (Phi) is 4.65. The summed E-state index contributed by atoms with van der Waals surface area (Å²) in [5.74, 6) is 0.930. The van der Waals surface area contributed by atoms with E-state index >= 15 is 0 Å². The number of hydrogen-bond acceptors (Lipinski definition) is 0. The predicted molar refractivity (Wildman–Crippen MR) is 51.2 cm³/mol. The highest BCUT2D eigenvalue weighted by atomic mass is 27.0. The third-order valence-electron chi connectivity index (χ3n) is 2.84. The summed E-state index contributed by atoms with van der Waals surface area (Å²) in [4.78, 5) is 0. The van der Waals surface area contributed by atoms with Gasteiger partial charge < -0.3 is 0 Å². The van der Waals surface area contributed by atoms with Gasteiger partial charge in [0.2, 0.25) is 16.3 Å². The molecule has 0 nitrogen and oxygen atoms in total. The minimum Gasteiger partial charge on any atom is -0.0982 e. The van der Waals surface area contributed by atoms with E-state index in [0.717, 1.165) is 5.92 Å². The van der Waals surface area contributed by atoms with Crippen LogP contribution < -0.4 is 0 Å². The monoisotopic (exact) mass is 156 g/mol. The molecule has 0 N–H and O–H groups in total. The van der Waals surface area contributed by atoms with Gasteiger partial charge in [0.15, 0.2) is 0 Å². The smallest absolute Gasteiger partial charge is 0.0982 e.